The standard InChI is InChI=1S/C17H26ClNO/c1-13-11-15(18)12-14(2)17(13)20-10-6-9-19-16-7-4-3-5-8-16/h11-12,16,19H,3-10H2,1-2H3. The van der Waals surface area contributed by atoms with Crippen molar-refractivity contribution in [1.29, 1.82) is 0 Å². The molecule has 1 N–H and O–H groups in total. The van der Waals surface area contributed by atoms with Gasteiger partial charge in [0.2, 0.25) is 0 Å². The van der Waals surface area contributed by atoms with Crippen molar-refractivity contribution < 1.29 is 4.74 Å². The summed E-state index contributed by atoms with van der Waals surface area (Å²) in [6, 6.07) is 4.66. The van der Waals surface area contributed by atoms with Gasteiger partial charge in [-0.25, -0.2) is 0 Å². The molecule has 1 saturated carbocycles. The van der Waals surface area contributed by atoms with E-state index in [2.05, 4.69) is 19.2 Å². The molecule has 0 saturated heterocycles. The van der Waals surface area contributed by atoms with Crippen LogP contribution in [0.15, 0.2) is 12.1 Å². The van der Waals surface area contributed by atoms with E-state index in [1.54, 1.807) is 0 Å². The number of nitrogens with one attached hydrogen (secondary N) is 1. The van der Waals surface area contributed by atoms with E-state index in [0.29, 0.717) is 0 Å². The van der Waals surface area contributed by atoms with Gasteiger partial charge in [0.15, 0.2) is 0 Å². The van der Waals surface area contributed by atoms with Crippen molar-refractivity contribution in [3.8, 4) is 5.75 Å². The molecule has 1 aliphatic rings. The fourth-order valence-electron chi connectivity index (χ4n) is 2.98. The minimum absolute atomic E-state index is 0.739. The molecule has 2 nitrogen and oxygen atoms in total. The smallest absolute Gasteiger partial charge is 0.125 e. The average Bonchev–Trinajstić information content (AvgIpc) is 2.42. The van der Waals surface area contributed by atoms with Gasteiger partial charge in [-0.15, -0.1) is 0 Å². The molecule has 112 valence electrons. The lowest BCUT2D eigenvalue weighted by molar-refractivity contribution is 0.293. The molecule has 1 aliphatic carbocycles. The number of rotatable bonds is 6. The lowest BCUT2D eigenvalue weighted by Crippen LogP contribution is -2.32. The Morgan fingerprint density at radius 3 is 2.45 bits per heavy atom. The second-order valence-corrected chi connectivity index (χ2v) is 6.30. The molecule has 0 aliphatic heterocycles. The molecule has 2 rings (SSSR count). The normalized spacial score (nSPS) is 16.4. The second kappa shape index (κ2) is 7.90. The molecular formula is C17H26ClNO. The molecule has 20 heavy (non-hydrogen) atoms. The summed E-state index contributed by atoms with van der Waals surface area (Å²) in [6.45, 7) is 5.92. The Hall–Kier alpha value is -0.730. The number of ether oxygens (including phenoxy) is 1. The Kier molecular flexibility index (Phi) is 6.18. The first-order valence-corrected chi connectivity index (χ1v) is 8.17. The maximum absolute atomic E-state index is 6.03. The number of hydrogen-bond donors (Lipinski definition) is 1. The highest BCUT2D eigenvalue weighted by molar-refractivity contribution is 6.30. The fraction of sp³-hybridized carbons (Fsp3) is 0.647. The van der Waals surface area contributed by atoms with Crippen molar-refractivity contribution in [3.05, 3.63) is 28.3 Å². The molecule has 0 radical (unpaired) electrons. The van der Waals surface area contributed by atoms with Crippen LogP contribution in [0.1, 0.15) is 49.7 Å². The predicted octanol–water partition coefficient (Wildman–Crippen LogP) is 4.65. The topological polar surface area (TPSA) is 21.3 Å². The molecule has 0 unspecified atom stereocenters. The molecule has 1 aromatic carbocycles. The molecule has 0 aromatic heterocycles. The van der Waals surface area contributed by atoms with Gasteiger partial charge in [0.05, 0.1) is 6.61 Å². The first-order chi connectivity index (χ1) is 9.66. The third-order valence-electron chi connectivity index (χ3n) is 4.03. The van der Waals surface area contributed by atoms with E-state index in [0.717, 1.165) is 47.5 Å². The van der Waals surface area contributed by atoms with Crippen LogP contribution in [0.4, 0.5) is 0 Å². The van der Waals surface area contributed by atoms with Gasteiger partial charge in [-0.3, -0.25) is 0 Å². The van der Waals surface area contributed by atoms with Crippen LogP contribution in [-0.2, 0) is 0 Å². The number of hydrogen-bond acceptors (Lipinski definition) is 2. The summed E-state index contributed by atoms with van der Waals surface area (Å²) in [5.41, 5.74) is 2.24. The van der Waals surface area contributed by atoms with Gasteiger partial charge in [-0.05, 0) is 62.9 Å². The molecule has 0 spiro atoms. The minimum atomic E-state index is 0.739. The maximum Gasteiger partial charge on any atom is 0.125 e. The van der Waals surface area contributed by atoms with Gasteiger partial charge in [-0.2, -0.15) is 0 Å². The van der Waals surface area contributed by atoms with Gasteiger partial charge < -0.3 is 10.1 Å². The summed E-state index contributed by atoms with van der Waals surface area (Å²) in [5, 5.41) is 4.43. The minimum Gasteiger partial charge on any atom is -0.493 e. The van der Waals surface area contributed by atoms with E-state index in [4.69, 9.17) is 16.3 Å². The summed E-state index contributed by atoms with van der Waals surface area (Å²) < 4.78 is 5.91. The number of benzene rings is 1. The van der Waals surface area contributed by atoms with Gasteiger partial charge in [0.1, 0.15) is 5.75 Å². The average molecular weight is 296 g/mol. The highest BCUT2D eigenvalue weighted by Crippen LogP contribution is 2.27. The number of halogens is 1. The van der Waals surface area contributed by atoms with E-state index in [9.17, 15) is 0 Å². The SMILES string of the molecule is Cc1cc(Cl)cc(C)c1OCCCNC1CCCCC1. The van der Waals surface area contributed by atoms with E-state index < -0.39 is 0 Å². The van der Waals surface area contributed by atoms with Gasteiger partial charge in [0, 0.05) is 11.1 Å². The van der Waals surface area contributed by atoms with Crippen LogP contribution in [0.5, 0.6) is 5.75 Å². The van der Waals surface area contributed by atoms with Crippen LogP contribution in [0.3, 0.4) is 0 Å². The Balaban J connectivity index is 1.68. The summed E-state index contributed by atoms with van der Waals surface area (Å²) in [5.74, 6) is 0.993. The molecule has 1 fully saturated rings. The van der Waals surface area contributed by atoms with Crippen molar-refractivity contribution in [2.75, 3.05) is 13.2 Å². The molecule has 0 amide bonds. The summed E-state index contributed by atoms with van der Waals surface area (Å²) >= 11 is 6.03. The van der Waals surface area contributed by atoms with Crippen LogP contribution >= 0.6 is 11.6 Å². The lowest BCUT2D eigenvalue weighted by Gasteiger charge is -2.22. The Morgan fingerprint density at radius 2 is 1.80 bits per heavy atom. The van der Waals surface area contributed by atoms with Crippen LogP contribution in [0.2, 0.25) is 5.02 Å². The summed E-state index contributed by atoms with van der Waals surface area (Å²) in [7, 11) is 0. The molecule has 0 heterocycles. The largest absolute Gasteiger partial charge is 0.493 e. The van der Waals surface area contributed by atoms with E-state index in [1.807, 2.05) is 12.1 Å². The quantitative estimate of drug-likeness (QED) is 0.772. The molecule has 3 heteroatoms. The Morgan fingerprint density at radius 1 is 1.15 bits per heavy atom. The van der Waals surface area contributed by atoms with E-state index >= 15 is 0 Å². The maximum atomic E-state index is 6.03. The number of aryl methyl sites for hydroxylation is 2. The predicted molar refractivity (Wildman–Crippen MR) is 85.9 cm³/mol. The highest BCUT2D eigenvalue weighted by Gasteiger charge is 2.12. The van der Waals surface area contributed by atoms with Crippen LogP contribution in [-0.4, -0.2) is 19.2 Å². The van der Waals surface area contributed by atoms with Crippen LogP contribution in [0.25, 0.3) is 0 Å². The Labute approximate surface area is 127 Å². The zero-order chi connectivity index (χ0) is 14.4. The fourth-order valence-corrected chi connectivity index (χ4v) is 3.31. The van der Waals surface area contributed by atoms with Gasteiger partial charge >= 0.3 is 0 Å². The summed E-state index contributed by atoms with van der Waals surface area (Å²) in [4.78, 5) is 0. The second-order valence-electron chi connectivity index (χ2n) is 5.86. The highest BCUT2D eigenvalue weighted by atomic mass is 35.5. The lowest BCUT2D eigenvalue weighted by atomic mass is 9.95. The van der Waals surface area contributed by atoms with E-state index in [1.165, 1.54) is 32.1 Å². The van der Waals surface area contributed by atoms with Gasteiger partial charge in [-0.1, -0.05) is 30.9 Å². The van der Waals surface area contributed by atoms with Crippen molar-refractivity contribution in [1.82, 2.24) is 5.32 Å². The zero-order valence-electron chi connectivity index (χ0n) is 12.7. The van der Waals surface area contributed by atoms with Gasteiger partial charge in [0.25, 0.3) is 0 Å². The molecular weight excluding hydrogens is 270 g/mol. The van der Waals surface area contributed by atoms with Crippen molar-refractivity contribution in [3.63, 3.8) is 0 Å². The van der Waals surface area contributed by atoms with Crippen molar-refractivity contribution in [2.24, 2.45) is 0 Å². The van der Waals surface area contributed by atoms with Crippen molar-refractivity contribution in [2.45, 2.75) is 58.4 Å². The Bertz CT molecular complexity index is 404. The van der Waals surface area contributed by atoms with Crippen LogP contribution in [0, 0.1) is 13.8 Å². The first-order valence-electron chi connectivity index (χ1n) is 7.80. The first kappa shape index (κ1) is 15.7. The third-order valence-corrected chi connectivity index (χ3v) is 4.25. The van der Waals surface area contributed by atoms with Crippen LogP contribution < -0.4 is 10.1 Å². The monoisotopic (exact) mass is 295 g/mol. The van der Waals surface area contributed by atoms with E-state index in [-0.39, 0.29) is 0 Å². The molecule has 0 bridgehead atoms. The summed E-state index contributed by atoms with van der Waals surface area (Å²) in [6.07, 6.45) is 7.93. The molecule has 1 aromatic rings. The van der Waals surface area contributed by atoms with Crippen molar-refractivity contribution >= 4 is 11.6 Å². The zero-order valence-corrected chi connectivity index (χ0v) is 13.4. The third kappa shape index (κ3) is 4.68. The molecule has 0 atom stereocenters.